The zero-order valence-corrected chi connectivity index (χ0v) is 8.47. The molecular weight excluding hydrogens is 150 g/mol. The van der Waals surface area contributed by atoms with Gasteiger partial charge in [-0.15, -0.1) is 0 Å². The third-order valence-corrected chi connectivity index (χ3v) is 2.58. The maximum atomic E-state index is 5.88. The van der Waals surface area contributed by atoms with E-state index in [1.165, 1.54) is 12.8 Å². The van der Waals surface area contributed by atoms with Gasteiger partial charge in [-0.3, -0.25) is 0 Å². The zero-order valence-electron chi connectivity index (χ0n) is 8.47. The Morgan fingerprint density at radius 3 is 2.50 bits per heavy atom. The molecular formula is C10H21NO. The summed E-state index contributed by atoms with van der Waals surface area (Å²) in [6, 6.07) is 0. The summed E-state index contributed by atoms with van der Waals surface area (Å²) in [5, 5.41) is 0. The molecule has 0 aromatic rings. The first-order valence-corrected chi connectivity index (χ1v) is 4.89. The number of hydrogen-bond donors (Lipinski definition) is 1. The Morgan fingerprint density at radius 1 is 1.33 bits per heavy atom. The first-order valence-electron chi connectivity index (χ1n) is 4.89. The Labute approximate surface area is 75.5 Å². The lowest BCUT2D eigenvalue weighted by atomic mass is 9.84. The summed E-state index contributed by atoms with van der Waals surface area (Å²) < 4.78 is 5.88. The highest BCUT2D eigenvalue weighted by atomic mass is 16.5. The van der Waals surface area contributed by atoms with E-state index < -0.39 is 0 Å². The van der Waals surface area contributed by atoms with Gasteiger partial charge < -0.3 is 10.5 Å². The van der Waals surface area contributed by atoms with Crippen LogP contribution in [0.1, 0.15) is 40.0 Å². The van der Waals surface area contributed by atoms with E-state index in [0.29, 0.717) is 18.8 Å². The van der Waals surface area contributed by atoms with Crippen molar-refractivity contribution in [2.75, 3.05) is 6.54 Å². The van der Waals surface area contributed by atoms with Crippen LogP contribution in [-0.4, -0.2) is 18.8 Å². The van der Waals surface area contributed by atoms with Crippen molar-refractivity contribution in [2.24, 2.45) is 11.1 Å². The normalized spacial score (nSPS) is 32.0. The first kappa shape index (κ1) is 10.0. The fraction of sp³-hybridized carbons (Fsp3) is 1.00. The summed E-state index contributed by atoms with van der Waals surface area (Å²) in [5.74, 6) is 0. The lowest BCUT2D eigenvalue weighted by Gasteiger charge is -2.37. The van der Waals surface area contributed by atoms with Gasteiger partial charge in [0.05, 0.1) is 12.2 Å². The number of ether oxygens (including phenoxy) is 1. The molecule has 0 amide bonds. The highest BCUT2D eigenvalue weighted by Gasteiger charge is 2.30. The molecule has 0 aromatic carbocycles. The van der Waals surface area contributed by atoms with Crippen LogP contribution in [0.15, 0.2) is 0 Å². The van der Waals surface area contributed by atoms with Crippen molar-refractivity contribution >= 4 is 0 Å². The standard InChI is InChI=1S/C10H21NO/c1-10(2,3)9-6-4-5-8(7-11)12-9/h8-9H,4-7,11H2,1-3H3. The predicted molar refractivity (Wildman–Crippen MR) is 51.0 cm³/mol. The molecule has 1 aliphatic rings. The predicted octanol–water partition coefficient (Wildman–Crippen LogP) is 1.93. The highest BCUT2D eigenvalue weighted by Crippen LogP contribution is 2.31. The van der Waals surface area contributed by atoms with Crippen LogP contribution in [0.25, 0.3) is 0 Å². The molecule has 1 fully saturated rings. The Bertz CT molecular complexity index is 139. The topological polar surface area (TPSA) is 35.2 Å². The number of nitrogens with two attached hydrogens (primary N) is 1. The van der Waals surface area contributed by atoms with Gasteiger partial charge in [-0.25, -0.2) is 0 Å². The minimum absolute atomic E-state index is 0.272. The molecule has 1 saturated heterocycles. The maximum Gasteiger partial charge on any atom is 0.0701 e. The van der Waals surface area contributed by atoms with Gasteiger partial charge >= 0.3 is 0 Å². The molecule has 2 heteroatoms. The Hall–Kier alpha value is -0.0800. The zero-order chi connectivity index (χ0) is 9.19. The second kappa shape index (κ2) is 3.75. The lowest BCUT2D eigenvalue weighted by molar-refractivity contribution is -0.0938. The molecule has 0 aliphatic carbocycles. The van der Waals surface area contributed by atoms with Crippen LogP contribution in [-0.2, 0) is 4.74 Å². The lowest BCUT2D eigenvalue weighted by Crippen LogP contribution is -2.39. The van der Waals surface area contributed by atoms with Gasteiger partial charge in [0.1, 0.15) is 0 Å². The smallest absolute Gasteiger partial charge is 0.0701 e. The van der Waals surface area contributed by atoms with Crippen molar-refractivity contribution in [3.05, 3.63) is 0 Å². The second-order valence-corrected chi connectivity index (χ2v) is 4.78. The van der Waals surface area contributed by atoms with Gasteiger partial charge in [-0.05, 0) is 24.7 Å². The van der Waals surface area contributed by atoms with Gasteiger partial charge in [0.15, 0.2) is 0 Å². The van der Waals surface area contributed by atoms with Crippen LogP contribution in [0.2, 0.25) is 0 Å². The molecule has 2 atom stereocenters. The summed E-state index contributed by atoms with van der Waals surface area (Å²) in [6.45, 7) is 7.37. The molecule has 0 bridgehead atoms. The molecule has 1 rings (SSSR count). The molecule has 2 nitrogen and oxygen atoms in total. The molecule has 2 unspecified atom stereocenters. The largest absolute Gasteiger partial charge is 0.373 e. The molecule has 0 radical (unpaired) electrons. The maximum absolute atomic E-state index is 5.88. The van der Waals surface area contributed by atoms with Gasteiger partial charge in [0.2, 0.25) is 0 Å². The minimum atomic E-state index is 0.272. The molecule has 1 heterocycles. The monoisotopic (exact) mass is 171 g/mol. The van der Waals surface area contributed by atoms with Crippen LogP contribution in [0.5, 0.6) is 0 Å². The molecule has 12 heavy (non-hydrogen) atoms. The molecule has 0 aromatic heterocycles. The minimum Gasteiger partial charge on any atom is -0.373 e. The molecule has 0 saturated carbocycles. The molecule has 0 spiro atoms. The Morgan fingerprint density at radius 2 is 2.00 bits per heavy atom. The summed E-state index contributed by atoms with van der Waals surface area (Å²) >= 11 is 0. The Balaban J connectivity index is 2.46. The quantitative estimate of drug-likeness (QED) is 0.654. The van der Waals surface area contributed by atoms with Crippen LogP contribution in [0.3, 0.4) is 0 Å². The van der Waals surface area contributed by atoms with Crippen molar-refractivity contribution in [3.63, 3.8) is 0 Å². The van der Waals surface area contributed by atoms with E-state index in [-0.39, 0.29) is 5.41 Å². The first-order chi connectivity index (χ1) is 5.54. The van der Waals surface area contributed by atoms with Gasteiger partial charge in [0, 0.05) is 6.54 Å². The van der Waals surface area contributed by atoms with Crippen LogP contribution >= 0.6 is 0 Å². The summed E-state index contributed by atoms with van der Waals surface area (Å²) in [4.78, 5) is 0. The van der Waals surface area contributed by atoms with Gasteiger partial charge in [0.25, 0.3) is 0 Å². The van der Waals surface area contributed by atoms with Crippen LogP contribution < -0.4 is 5.73 Å². The van der Waals surface area contributed by atoms with E-state index in [1.807, 2.05) is 0 Å². The van der Waals surface area contributed by atoms with E-state index in [2.05, 4.69) is 20.8 Å². The summed E-state index contributed by atoms with van der Waals surface area (Å²) in [6.07, 6.45) is 4.31. The average Bonchev–Trinajstić information content (AvgIpc) is 2.03. The van der Waals surface area contributed by atoms with E-state index in [9.17, 15) is 0 Å². The molecule has 1 aliphatic heterocycles. The van der Waals surface area contributed by atoms with Gasteiger partial charge in [-0.2, -0.15) is 0 Å². The van der Waals surface area contributed by atoms with Crippen LogP contribution in [0.4, 0.5) is 0 Å². The van der Waals surface area contributed by atoms with Crippen LogP contribution in [0, 0.1) is 5.41 Å². The van der Waals surface area contributed by atoms with E-state index in [4.69, 9.17) is 10.5 Å². The van der Waals surface area contributed by atoms with Crippen molar-refractivity contribution in [3.8, 4) is 0 Å². The van der Waals surface area contributed by atoms with Crippen molar-refractivity contribution in [2.45, 2.75) is 52.2 Å². The SMILES string of the molecule is CC(C)(C)C1CCCC(CN)O1. The fourth-order valence-corrected chi connectivity index (χ4v) is 1.71. The Kier molecular flexibility index (Phi) is 3.13. The highest BCUT2D eigenvalue weighted by molar-refractivity contribution is 4.80. The third-order valence-electron chi connectivity index (χ3n) is 2.58. The van der Waals surface area contributed by atoms with E-state index in [1.54, 1.807) is 0 Å². The number of rotatable bonds is 1. The molecule has 2 N–H and O–H groups in total. The average molecular weight is 171 g/mol. The second-order valence-electron chi connectivity index (χ2n) is 4.78. The van der Waals surface area contributed by atoms with E-state index >= 15 is 0 Å². The van der Waals surface area contributed by atoms with Crippen molar-refractivity contribution < 1.29 is 4.74 Å². The molecule has 72 valence electrons. The van der Waals surface area contributed by atoms with Gasteiger partial charge in [-0.1, -0.05) is 20.8 Å². The summed E-state index contributed by atoms with van der Waals surface area (Å²) in [7, 11) is 0. The number of hydrogen-bond acceptors (Lipinski definition) is 2. The van der Waals surface area contributed by atoms with E-state index in [0.717, 1.165) is 6.42 Å². The van der Waals surface area contributed by atoms with Crippen molar-refractivity contribution in [1.29, 1.82) is 0 Å². The summed E-state index contributed by atoms with van der Waals surface area (Å²) in [5.41, 5.74) is 5.86. The fourth-order valence-electron chi connectivity index (χ4n) is 1.71. The van der Waals surface area contributed by atoms with Crippen molar-refractivity contribution in [1.82, 2.24) is 0 Å². The third kappa shape index (κ3) is 2.46.